The summed E-state index contributed by atoms with van der Waals surface area (Å²) in [6.07, 6.45) is 3.52. The van der Waals surface area contributed by atoms with Gasteiger partial charge in [0.2, 0.25) is 5.91 Å². The van der Waals surface area contributed by atoms with Crippen molar-refractivity contribution in [2.45, 2.75) is 20.4 Å². The smallest absolute Gasteiger partial charge is 0.242 e. The summed E-state index contributed by atoms with van der Waals surface area (Å²) in [5, 5.41) is 0. The van der Waals surface area contributed by atoms with Gasteiger partial charge in [0.1, 0.15) is 6.54 Å². The monoisotopic (exact) mass is 213 g/mol. The predicted molar refractivity (Wildman–Crippen MR) is 57.5 cm³/mol. The molecule has 0 aliphatic rings. The fraction of sp³-hybridized carbons (Fsp3) is 0.556. The lowest BCUT2D eigenvalue weighted by Crippen LogP contribution is -2.33. The zero-order valence-corrected chi connectivity index (χ0v) is 9.30. The van der Waals surface area contributed by atoms with E-state index in [0.29, 0.717) is 11.3 Å². The molecule has 0 radical (unpaired) electrons. The first kappa shape index (κ1) is 11.0. The lowest BCUT2D eigenvalue weighted by molar-refractivity contribution is -0.131. The first-order valence-electron chi connectivity index (χ1n) is 4.70. The average molecular weight is 213 g/mol. The maximum Gasteiger partial charge on any atom is 0.242 e. The number of H-pyrrole nitrogens is 1. The number of hydrogen-bond acceptors (Lipinski definition) is 2. The Morgan fingerprint density at radius 2 is 2.21 bits per heavy atom. The van der Waals surface area contributed by atoms with Crippen LogP contribution in [0.15, 0.2) is 12.4 Å². The van der Waals surface area contributed by atoms with Crippen LogP contribution in [0.3, 0.4) is 0 Å². The Kier molecular flexibility index (Phi) is 3.88. The quantitative estimate of drug-likeness (QED) is 0.768. The SMILES string of the molecule is CCN(CC)C(=O)Cn1cc[nH]c1=S. The van der Waals surface area contributed by atoms with E-state index in [0.717, 1.165) is 13.1 Å². The Morgan fingerprint density at radius 3 is 2.64 bits per heavy atom. The number of likely N-dealkylation sites (N-methyl/N-ethyl adjacent to an activating group) is 1. The molecule has 0 saturated carbocycles. The Balaban J connectivity index is 2.65. The van der Waals surface area contributed by atoms with Crippen LogP contribution in [0, 0.1) is 4.77 Å². The Bertz CT molecular complexity index is 351. The average Bonchev–Trinajstić information content (AvgIpc) is 2.54. The molecule has 0 bridgehead atoms. The van der Waals surface area contributed by atoms with Crippen LogP contribution in [0.1, 0.15) is 13.8 Å². The Labute approximate surface area is 88.5 Å². The highest BCUT2D eigenvalue weighted by Gasteiger charge is 2.09. The highest BCUT2D eigenvalue weighted by Crippen LogP contribution is 1.95. The first-order valence-corrected chi connectivity index (χ1v) is 5.11. The molecule has 0 aromatic carbocycles. The molecule has 0 fully saturated rings. The van der Waals surface area contributed by atoms with Gasteiger partial charge in [0.05, 0.1) is 0 Å². The predicted octanol–water partition coefficient (Wildman–Crippen LogP) is 1.41. The van der Waals surface area contributed by atoms with E-state index in [9.17, 15) is 4.79 Å². The molecule has 1 rings (SSSR count). The molecule has 1 N–H and O–H groups in total. The number of amides is 1. The van der Waals surface area contributed by atoms with Gasteiger partial charge in [0, 0.05) is 25.5 Å². The number of nitrogens with one attached hydrogen (secondary N) is 1. The lowest BCUT2D eigenvalue weighted by atomic mass is 10.4. The zero-order chi connectivity index (χ0) is 10.6. The number of imidazole rings is 1. The van der Waals surface area contributed by atoms with Crippen LogP contribution in [-0.4, -0.2) is 33.4 Å². The Hall–Kier alpha value is -1.10. The second kappa shape index (κ2) is 4.95. The van der Waals surface area contributed by atoms with Gasteiger partial charge in [-0.15, -0.1) is 0 Å². The maximum atomic E-state index is 11.7. The molecular formula is C9H15N3OS. The minimum absolute atomic E-state index is 0.103. The summed E-state index contributed by atoms with van der Waals surface area (Å²) in [5.41, 5.74) is 0. The molecule has 0 aliphatic carbocycles. The number of rotatable bonds is 4. The molecule has 1 amide bonds. The fourth-order valence-corrected chi connectivity index (χ4v) is 1.49. The molecule has 78 valence electrons. The van der Waals surface area contributed by atoms with Crippen molar-refractivity contribution in [3.63, 3.8) is 0 Å². The molecule has 1 heterocycles. The van der Waals surface area contributed by atoms with Gasteiger partial charge < -0.3 is 14.5 Å². The summed E-state index contributed by atoms with van der Waals surface area (Å²) in [5.74, 6) is 0.103. The molecule has 0 spiro atoms. The molecule has 0 atom stereocenters. The molecule has 14 heavy (non-hydrogen) atoms. The van der Waals surface area contributed by atoms with Crippen LogP contribution in [-0.2, 0) is 11.3 Å². The first-order chi connectivity index (χ1) is 6.69. The lowest BCUT2D eigenvalue weighted by Gasteiger charge is -2.18. The van der Waals surface area contributed by atoms with Crippen LogP contribution in [0.25, 0.3) is 0 Å². The summed E-state index contributed by atoms with van der Waals surface area (Å²) in [6.45, 7) is 5.75. The third kappa shape index (κ3) is 2.45. The van der Waals surface area contributed by atoms with Crippen LogP contribution in [0.2, 0.25) is 0 Å². The van der Waals surface area contributed by atoms with Gasteiger partial charge in [-0.2, -0.15) is 0 Å². The third-order valence-electron chi connectivity index (χ3n) is 2.14. The van der Waals surface area contributed by atoms with Crippen molar-refractivity contribution in [3.05, 3.63) is 17.2 Å². The topological polar surface area (TPSA) is 41.0 Å². The van der Waals surface area contributed by atoms with Gasteiger partial charge in [-0.3, -0.25) is 4.79 Å². The van der Waals surface area contributed by atoms with E-state index >= 15 is 0 Å². The largest absolute Gasteiger partial charge is 0.342 e. The highest BCUT2D eigenvalue weighted by molar-refractivity contribution is 7.71. The van der Waals surface area contributed by atoms with Crippen molar-refractivity contribution in [2.24, 2.45) is 0 Å². The summed E-state index contributed by atoms with van der Waals surface area (Å²) < 4.78 is 2.32. The molecular weight excluding hydrogens is 198 g/mol. The van der Waals surface area contributed by atoms with Crippen LogP contribution in [0.4, 0.5) is 0 Å². The van der Waals surface area contributed by atoms with E-state index in [4.69, 9.17) is 12.2 Å². The minimum Gasteiger partial charge on any atom is -0.342 e. The Morgan fingerprint density at radius 1 is 1.57 bits per heavy atom. The zero-order valence-electron chi connectivity index (χ0n) is 8.49. The van der Waals surface area contributed by atoms with E-state index < -0.39 is 0 Å². The summed E-state index contributed by atoms with van der Waals surface area (Å²) in [6, 6.07) is 0. The standard InChI is InChI=1S/C9H15N3OS/c1-3-11(4-2)8(13)7-12-6-5-10-9(12)14/h5-6H,3-4,7H2,1-2H3,(H,10,14). The molecule has 5 heteroatoms. The molecule has 0 aliphatic heterocycles. The number of carbonyl (C=O) groups is 1. The van der Waals surface area contributed by atoms with Crippen molar-refractivity contribution in [2.75, 3.05) is 13.1 Å². The van der Waals surface area contributed by atoms with Crippen LogP contribution < -0.4 is 0 Å². The van der Waals surface area contributed by atoms with Crippen LogP contribution >= 0.6 is 12.2 Å². The number of aromatic amines is 1. The van der Waals surface area contributed by atoms with Crippen molar-refractivity contribution in [1.29, 1.82) is 0 Å². The summed E-state index contributed by atoms with van der Waals surface area (Å²) in [4.78, 5) is 16.3. The summed E-state index contributed by atoms with van der Waals surface area (Å²) >= 11 is 5.00. The fourth-order valence-electron chi connectivity index (χ4n) is 1.30. The van der Waals surface area contributed by atoms with Crippen molar-refractivity contribution in [1.82, 2.24) is 14.5 Å². The van der Waals surface area contributed by atoms with E-state index in [1.165, 1.54) is 0 Å². The van der Waals surface area contributed by atoms with Crippen molar-refractivity contribution >= 4 is 18.1 Å². The maximum absolute atomic E-state index is 11.7. The van der Waals surface area contributed by atoms with Crippen LogP contribution in [0.5, 0.6) is 0 Å². The second-order valence-electron chi connectivity index (χ2n) is 2.96. The molecule has 0 unspecified atom stereocenters. The van der Waals surface area contributed by atoms with Crippen molar-refractivity contribution < 1.29 is 4.79 Å². The minimum atomic E-state index is 0.103. The van der Waals surface area contributed by atoms with E-state index in [2.05, 4.69) is 4.98 Å². The highest BCUT2D eigenvalue weighted by atomic mass is 32.1. The number of hydrogen-bond donors (Lipinski definition) is 1. The molecule has 1 aromatic heterocycles. The van der Waals surface area contributed by atoms with Gasteiger partial charge in [0.25, 0.3) is 0 Å². The van der Waals surface area contributed by atoms with Gasteiger partial charge in [-0.25, -0.2) is 0 Å². The molecule has 0 saturated heterocycles. The number of nitrogens with zero attached hydrogens (tertiary/aromatic N) is 2. The van der Waals surface area contributed by atoms with Gasteiger partial charge >= 0.3 is 0 Å². The van der Waals surface area contributed by atoms with Gasteiger partial charge in [-0.05, 0) is 26.1 Å². The van der Waals surface area contributed by atoms with Crippen molar-refractivity contribution in [3.8, 4) is 0 Å². The third-order valence-corrected chi connectivity index (χ3v) is 2.50. The number of carbonyl (C=O) groups excluding carboxylic acids is 1. The van der Waals surface area contributed by atoms with Gasteiger partial charge in [-0.1, -0.05) is 0 Å². The van der Waals surface area contributed by atoms with E-state index in [1.807, 2.05) is 13.8 Å². The summed E-state index contributed by atoms with van der Waals surface area (Å²) in [7, 11) is 0. The second-order valence-corrected chi connectivity index (χ2v) is 3.35. The molecule has 4 nitrogen and oxygen atoms in total. The van der Waals surface area contributed by atoms with E-state index in [-0.39, 0.29) is 5.91 Å². The molecule has 1 aromatic rings. The van der Waals surface area contributed by atoms with Gasteiger partial charge in [0.15, 0.2) is 4.77 Å². The normalized spacial score (nSPS) is 10.1. The van der Waals surface area contributed by atoms with E-state index in [1.54, 1.807) is 21.9 Å². The number of aromatic nitrogens is 2.